The van der Waals surface area contributed by atoms with Gasteiger partial charge in [0.05, 0.1) is 10.5 Å². The molecule has 0 spiro atoms. The fourth-order valence-electron chi connectivity index (χ4n) is 3.08. The molecule has 9 heteroatoms. The lowest BCUT2D eigenvalue weighted by atomic mass is 10.1. The van der Waals surface area contributed by atoms with Crippen LogP contribution in [0.15, 0.2) is 71.1 Å². The predicted octanol–water partition coefficient (Wildman–Crippen LogP) is 4.61. The van der Waals surface area contributed by atoms with Gasteiger partial charge in [0.25, 0.3) is 5.69 Å². The van der Waals surface area contributed by atoms with E-state index in [1.165, 1.54) is 17.4 Å². The van der Waals surface area contributed by atoms with Crippen molar-refractivity contribution in [2.45, 2.75) is 6.42 Å². The SMILES string of the molecule is O=[N+]([O-])c1ccccc1-c1ccc(-c2nn3c(Cc4ccccc4)nnc3s2)o1. The third kappa shape index (κ3) is 3.17. The molecule has 0 aliphatic heterocycles. The van der Waals surface area contributed by atoms with Gasteiger partial charge in [-0.15, -0.1) is 15.3 Å². The van der Waals surface area contributed by atoms with E-state index in [1.54, 1.807) is 34.8 Å². The van der Waals surface area contributed by atoms with Crippen LogP contribution in [-0.4, -0.2) is 24.7 Å². The van der Waals surface area contributed by atoms with Gasteiger partial charge in [-0.3, -0.25) is 10.1 Å². The van der Waals surface area contributed by atoms with Gasteiger partial charge in [-0.1, -0.05) is 53.8 Å². The van der Waals surface area contributed by atoms with Gasteiger partial charge >= 0.3 is 0 Å². The highest BCUT2D eigenvalue weighted by Crippen LogP contribution is 2.35. The van der Waals surface area contributed by atoms with Crippen LogP contribution in [0, 0.1) is 10.1 Å². The lowest BCUT2D eigenvalue weighted by Crippen LogP contribution is -1.97. The van der Waals surface area contributed by atoms with Gasteiger partial charge in [-0.25, -0.2) is 0 Å². The number of hydrogen-bond acceptors (Lipinski definition) is 7. The maximum atomic E-state index is 11.3. The number of aromatic nitrogens is 4. The first kappa shape index (κ1) is 17.3. The lowest BCUT2D eigenvalue weighted by molar-refractivity contribution is -0.384. The van der Waals surface area contributed by atoms with Crippen molar-refractivity contribution >= 4 is 22.0 Å². The molecule has 0 bridgehead atoms. The van der Waals surface area contributed by atoms with E-state index in [0.717, 1.165) is 11.4 Å². The van der Waals surface area contributed by atoms with Crippen LogP contribution in [0.4, 0.5) is 5.69 Å². The van der Waals surface area contributed by atoms with Crippen LogP contribution >= 0.6 is 11.3 Å². The largest absolute Gasteiger partial charge is 0.453 e. The van der Waals surface area contributed by atoms with E-state index in [-0.39, 0.29) is 5.69 Å². The summed E-state index contributed by atoms with van der Waals surface area (Å²) in [6.07, 6.45) is 0.616. The Morgan fingerprint density at radius 2 is 1.72 bits per heavy atom. The van der Waals surface area contributed by atoms with Gasteiger partial charge in [0.2, 0.25) is 4.96 Å². The number of hydrogen-bond donors (Lipinski definition) is 0. The maximum absolute atomic E-state index is 11.3. The van der Waals surface area contributed by atoms with E-state index in [1.807, 2.05) is 30.3 Å². The fourth-order valence-corrected chi connectivity index (χ4v) is 3.90. The minimum absolute atomic E-state index is 0.00307. The minimum Gasteiger partial charge on any atom is -0.453 e. The summed E-state index contributed by atoms with van der Waals surface area (Å²) in [4.78, 5) is 11.5. The summed E-state index contributed by atoms with van der Waals surface area (Å²) < 4.78 is 7.59. The smallest absolute Gasteiger partial charge is 0.280 e. The molecule has 3 heterocycles. The van der Waals surface area contributed by atoms with Gasteiger partial charge < -0.3 is 4.42 Å². The quantitative estimate of drug-likeness (QED) is 0.314. The molecule has 0 atom stereocenters. The third-order valence-electron chi connectivity index (χ3n) is 4.44. The lowest BCUT2D eigenvalue weighted by Gasteiger charge is -1.99. The van der Waals surface area contributed by atoms with Gasteiger partial charge in [0.15, 0.2) is 16.6 Å². The number of fused-ring (bicyclic) bond motifs is 1. The summed E-state index contributed by atoms with van der Waals surface area (Å²) in [7, 11) is 0. The molecule has 5 aromatic rings. The molecule has 8 nitrogen and oxygen atoms in total. The van der Waals surface area contributed by atoms with Gasteiger partial charge in [-0.05, 0) is 23.8 Å². The first-order valence-electron chi connectivity index (χ1n) is 8.78. The van der Waals surface area contributed by atoms with Crippen molar-refractivity contribution in [2.24, 2.45) is 0 Å². The Balaban J connectivity index is 1.49. The second-order valence-electron chi connectivity index (χ2n) is 6.32. The standard InChI is InChI=1S/C20H13N5O3S/c26-25(27)15-9-5-4-8-14(15)16-10-11-17(28-16)19-23-24-18(21-22-20(24)29-19)12-13-6-2-1-3-7-13/h1-11H,12H2. The van der Waals surface area contributed by atoms with E-state index in [2.05, 4.69) is 15.3 Å². The number of nitro benzene ring substituents is 1. The summed E-state index contributed by atoms with van der Waals surface area (Å²) in [5.74, 6) is 1.68. The van der Waals surface area contributed by atoms with Crippen molar-refractivity contribution in [3.05, 3.63) is 88.2 Å². The van der Waals surface area contributed by atoms with Crippen molar-refractivity contribution in [2.75, 3.05) is 0 Å². The Kier molecular flexibility index (Phi) is 4.14. The van der Waals surface area contributed by atoms with Crippen LogP contribution < -0.4 is 0 Å². The number of nitro groups is 1. The average Bonchev–Trinajstić information content (AvgIpc) is 3.45. The Bertz CT molecular complexity index is 1320. The van der Waals surface area contributed by atoms with Crippen molar-refractivity contribution in [3.63, 3.8) is 0 Å². The fraction of sp³-hybridized carbons (Fsp3) is 0.0500. The number of rotatable bonds is 5. The molecule has 3 aromatic heterocycles. The second-order valence-corrected chi connectivity index (χ2v) is 7.27. The molecule has 0 aliphatic carbocycles. The molecule has 142 valence electrons. The molecule has 0 radical (unpaired) electrons. The molecule has 0 saturated heterocycles. The molecular formula is C20H13N5O3S. The van der Waals surface area contributed by atoms with Crippen LogP contribution in [0.25, 0.3) is 27.1 Å². The average molecular weight is 403 g/mol. The molecular weight excluding hydrogens is 390 g/mol. The number of para-hydroxylation sites is 1. The highest BCUT2D eigenvalue weighted by molar-refractivity contribution is 7.19. The monoisotopic (exact) mass is 403 g/mol. The highest BCUT2D eigenvalue weighted by Gasteiger charge is 2.20. The van der Waals surface area contributed by atoms with Gasteiger partial charge in [0, 0.05) is 12.5 Å². The molecule has 29 heavy (non-hydrogen) atoms. The normalized spacial score (nSPS) is 11.2. The summed E-state index contributed by atoms with van der Waals surface area (Å²) in [6.45, 7) is 0. The van der Waals surface area contributed by atoms with Gasteiger partial charge in [-0.2, -0.15) is 4.52 Å². The van der Waals surface area contributed by atoms with Crippen LogP contribution in [0.1, 0.15) is 11.4 Å². The van der Waals surface area contributed by atoms with Crippen molar-refractivity contribution in [1.29, 1.82) is 0 Å². The Morgan fingerprint density at radius 1 is 0.966 bits per heavy atom. The molecule has 2 aromatic carbocycles. The summed E-state index contributed by atoms with van der Waals surface area (Å²) in [5, 5.41) is 24.9. The highest BCUT2D eigenvalue weighted by atomic mass is 32.1. The number of furan rings is 1. The van der Waals surface area contributed by atoms with Crippen LogP contribution in [0.3, 0.4) is 0 Å². The molecule has 0 saturated carbocycles. The predicted molar refractivity (Wildman–Crippen MR) is 108 cm³/mol. The van der Waals surface area contributed by atoms with E-state index >= 15 is 0 Å². The Labute approximate surface area is 168 Å². The van der Waals surface area contributed by atoms with Crippen molar-refractivity contribution < 1.29 is 9.34 Å². The Morgan fingerprint density at radius 3 is 2.55 bits per heavy atom. The maximum Gasteiger partial charge on any atom is 0.280 e. The third-order valence-corrected chi connectivity index (χ3v) is 5.36. The number of nitrogens with zero attached hydrogens (tertiary/aromatic N) is 5. The van der Waals surface area contributed by atoms with E-state index in [0.29, 0.717) is 33.5 Å². The first-order valence-corrected chi connectivity index (χ1v) is 9.60. The summed E-state index contributed by atoms with van der Waals surface area (Å²) in [6, 6.07) is 19.9. The van der Waals surface area contributed by atoms with Crippen LogP contribution in [-0.2, 0) is 6.42 Å². The zero-order chi connectivity index (χ0) is 19.8. The zero-order valence-corrected chi connectivity index (χ0v) is 15.7. The molecule has 5 rings (SSSR count). The summed E-state index contributed by atoms with van der Waals surface area (Å²) in [5.41, 5.74) is 1.54. The zero-order valence-electron chi connectivity index (χ0n) is 14.9. The van der Waals surface area contributed by atoms with Crippen molar-refractivity contribution in [3.8, 4) is 22.1 Å². The molecule has 0 amide bonds. The van der Waals surface area contributed by atoms with Crippen LogP contribution in [0.2, 0.25) is 0 Å². The van der Waals surface area contributed by atoms with E-state index in [4.69, 9.17) is 4.42 Å². The molecule has 0 aliphatic rings. The topological polar surface area (TPSA) is 99.4 Å². The Hall–Kier alpha value is -3.85. The minimum atomic E-state index is -0.420. The molecule has 0 fully saturated rings. The van der Waals surface area contributed by atoms with E-state index < -0.39 is 4.92 Å². The first-order chi connectivity index (χ1) is 14.2. The van der Waals surface area contributed by atoms with Crippen LogP contribution in [0.5, 0.6) is 0 Å². The summed E-state index contributed by atoms with van der Waals surface area (Å²) >= 11 is 1.35. The van der Waals surface area contributed by atoms with Crippen molar-refractivity contribution in [1.82, 2.24) is 19.8 Å². The second kappa shape index (κ2) is 6.95. The number of benzene rings is 2. The molecule has 0 N–H and O–H groups in total. The molecule has 0 unspecified atom stereocenters. The van der Waals surface area contributed by atoms with E-state index in [9.17, 15) is 10.1 Å². The van der Waals surface area contributed by atoms with Gasteiger partial charge in [0.1, 0.15) is 5.76 Å².